The zero-order valence-corrected chi connectivity index (χ0v) is 11.5. The van der Waals surface area contributed by atoms with Gasteiger partial charge >= 0.3 is 0 Å². The third-order valence-electron chi connectivity index (χ3n) is 3.05. The van der Waals surface area contributed by atoms with E-state index in [2.05, 4.69) is 19.2 Å². The Morgan fingerprint density at radius 2 is 2.11 bits per heavy atom. The van der Waals surface area contributed by atoms with E-state index in [1.807, 2.05) is 0 Å². The molecular formula is C13H20ClN3O. The quantitative estimate of drug-likeness (QED) is 0.740. The molecule has 1 rings (SSSR count). The highest BCUT2D eigenvalue weighted by atomic mass is 35.5. The van der Waals surface area contributed by atoms with Crippen LogP contribution in [-0.2, 0) is 0 Å². The largest absolute Gasteiger partial charge is 0.383 e. The Morgan fingerprint density at radius 1 is 1.44 bits per heavy atom. The predicted octanol–water partition coefficient (Wildman–Crippen LogP) is 2.08. The third-order valence-corrected chi connectivity index (χ3v) is 3.38. The number of nitrogens with two attached hydrogens (primary N) is 2. The SMILES string of the molecule is CC(C)C(CN)CNc1cc(C(N)=O)ccc1Cl. The summed E-state index contributed by atoms with van der Waals surface area (Å²) in [5, 5.41) is 3.79. The molecule has 5 N–H and O–H groups in total. The van der Waals surface area contributed by atoms with Crippen LogP contribution in [0.2, 0.25) is 5.02 Å². The molecule has 0 aromatic heterocycles. The van der Waals surface area contributed by atoms with Gasteiger partial charge in [0.25, 0.3) is 0 Å². The van der Waals surface area contributed by atoms with E-state index in [4.69, 9.17) is 23.1 Å². The minimum atomic E-state index is -0.464. The molecule has 18 heavy (non-hydrogen) atoms. The Hall–Kier alpha value is -1.26. The van der Waals surface area contributed by atoms with Gasteiger partial charge in [-0.15, -0.1) is 0 Å². The van der Waals surface area contributed by atoms with E-state index >= 15 is 0 Å². The molecule has 4 nitrogen and oxygen atoms in total. The van der Waals surface area contributed by atoms with Gasteiger partial charge < -0.3 is 16.8 Å². The van der Waals surface area contributed by atoms with Crippen LogP contribution in [0.15, 0.2) is 18.2 Å². The summed E-state index contributed by atoms with van der Waals surface area (Å²) in [6.45, 7) is 5.58. The monoisotopic (exact) mass is 269 g/mol. The summed E-state index contributed by atoms with van der Waals surface area (Å²) in [7, 11) is 0. The van der Waals surface area contributed by atoms with Gasteiger partial charge in [-0.1, -0.05) is 25.4 Å². The fourth-order valence-electron chi connectivity index (χ4n) is 1.65. The van der Waals surface area contributed by atoms with Gasteiger partial charge in [-0.3, -0.25) is 4.79 Å². The summed E-state index contributed by atoms with van der Waals surface area (Å²) < 4.78 is 0. The lowest BCUT2D eigenvalue weighted by Gasteiger charge is -2.20. The average molecular weight is 270 g/mol. The smallest absolute Gasteiger partial charge is 0.248 e. The molecule has 0 saturated carbocycles. The number of benzene rings is 1. The molecule has 0 bridgehead atoms. The Bertz CT molecular complexity index is 421. The van der Waals surface area contributed by atoms with Gasteiger partial charge in [0.05, 0.1) is 10.7 Å². The van der Waals surface area contributed by atoms with E-state index in [-0.39, 0.29) is 0 Å². The summed E-state index contributed by atoms with van der Waals surface area (Å²) in [6.07, 6.45) is 0. The van der Waals surface area contributed by atoms with Crippen LogP contribution in [0.3, 0.4) is 0 Å². The number of nitrogens with one attached hydrogen (secondary N) is 1. The Morgan fingerprint density at radius 3 is 2.61 bits per heavy atom. The zero-order chi connectivity index (χ0) is 13.7. The number of hydrogen-bond acceptors (Lipinski definition) is 3. The van der Waals surface area contributed by atoms with E-state index < -0.39 is 5.91 Å². The van der Waals surface area contributed by atoms with Crippen LogP contribution in [0, 0.1) is 11.8 Å². The molecule has 0 fully saturated rings. The minimum Gasteiger partial charge on any atom is -0.383 e. The van der Waals surface area contributed by atoms with Crippen molar-refractivity contribution < 1.29 is 4.79 Å². The highest BCUT2D eigenvalue weighted by Crippen LogP contribution is 2.23. The van der Waals surface area contributed by atoms with Gasteiger partial charge in [-0.05, 0) is 36.6 Å². The van der Waals surface area contributed by atoms with Crippen LogP contribution >= 0.6 is 11.6 Å². The molecule has 1 amide bonds. The summed E-state index contributed by atoms with van der Waals surface area (Å²) in [5.41, 5.74) is 12.1. The van der Waals surface area contributed by atoms with Crippen molar-refractivity contribution in [2.75, 3.05) is 18.4 Å². The lowest BCUT2D eigenvalue weighted by molar-refractivity contribution is 0.100. The maximum atomic E-state index is 11.1. The van der Waals surface area contributed by atoms with Crippen LogP contribution in [-0.4, -0.2) is 19.0 Å². The first kappa shape index (κ1) is 14.8. The number of anilines is 1. The summed E-state index contributed by atoms with van der Waals surface area (Å²) in [4.78, 5) is 11.1. The first-order valence-corrected chi connectivity index (χ1v) is 6.36. The lowest BCUT2D eigenvalue weighted by atomic mass is 9.96. The number of rotatable bonds is 6. The molecule has 0 aliphatic heterocycles. The Balaban J connectivity index is 2.77. The first-order chi connectivity index (χ1) is 8.45. The van der Waals surface area contributed by atoms with Crippen LogP contribution in [0.5, 0.6) is 0 Å². The van der Waals surface area contributed by atoms with Gasteiger partial charge in [0.15, 0.2) is 0 Å². The second-order valence-electron chi connectivity index (χ2n) is 4.68. The third kappa shape index (κ3) is 3.89. The number of halogens is 1. The summed E-state index contributed by atoms with van der Waals surface area (Å²) >= 11 is 6.06. The number of carbonyl (C=O) groups is 1. The number of carbonyl (C=O) groups excluding carboxylic acids is 1. The predicted molar refractivity (Wildman–Crippen MR) is 75.8 cm³/mol. The summed E-state index contributed by atoms with van der Waals surface area (Å²) in [6, 6.07) is 4.94. The van der Waals surface area contributed by atoms with Crippen LogP contribution in [0.25, 0.3) is 0 Å². The topological polar surface area (TPSA) is 81.1 Å². The molecule has 0 radical (unpaired) electrons. The molecule has 100 valence electrons. The molecule has 1 atom stereocenters. The average Bonchev–Trinajstić information content (AvgIpc) is 2.31. The van der Waals surface area contributed by atoms with E-state index in [1.165, 1.54) is 0 Å². The normalized spacial score (nSPS) is 12.5. The van der Waals surface area contributed by atoms with Gasteiger partial charge in [0.2, 0.25) is 5.91 Å². The van der Waals surface area contributed by atoms with Gasteiger partial charge in [-0.2, -0.15) is 0 Å². The maximum absolute atomic E-state index is 11.1. The summed E-state index contributed by atoms with van der Waals surface area (Å²) in [5.74, 6) is 0.382. The van der Waals surface area contributed by atoms with Crippen molar-refractivity contribution in [3.63, 3.8) is 0 Å². The van der Waals surface area contributed by atoms with E-state index in [9.17, 15) is 4.79 Å². The van der Waals surface area contributed by atoms with Gasteiger partial charge in [-0.25, -0.2) is 0 Å². The Kier molecular flexibility index (Phi) is 5.44. The van der Waals surface area contributed by atoms with Crippen molar-refractivity contribution in [1.82, 2.24) is 0 Å². The minimum absolute atomic E-state index is 0.360. The number of amides is 1. The lowest BCUT2D eigenvalue weighted by Crippen LogP contribution is -2.27. The zero-order valence-electron chi connectivity index (χ0n) is 10.7. The fraction of sp³-hybridized carbons (Fsp3) is 0.462. The maximum Gasteiger partial charge on any atom is 0.248 e. The van der Waals surface area contributed by atoms with E-state index in [0.29, 0.717) is 34.7 Å². The van der Waals surface area contributed by atoms with Crippen LogP contribution in [0.4, 0.5) is 5.69 Å². The molecule has 1 aromatic carbocycles. The van der Waals surface area contributed by atoms with Gasteiger partial charge in [0.1, 0.15) is 0 Å². The standard InChI is InChI=1S/C13H20ClN3O/c1-8(2)10(6-15)7-17-12-5-9(13(16)18)3-4-11(12)14/h3-5,8,10,17H,6-7,15H2,1-2H3,(H2,16,18). The number of primary amides is 1. The highest BCUT2D eigenvalue weighted by Gasteiger charge is 2.12. The molecule has 0 saturated heterocycles. The van der Waals surface area contributed by atoms with Crippen molar-refractivity contribution in [1.29, 1.82) is 0 Å². The second kappa shape index (κ2) is 6.61. The molecule has 1 unspecified atom stereocenters. The van der Waals surface area contributed by atoms with Crippen LogP contribution in [0.1, 0.15) is 24.2 Å². The molecule has 1 aromatic rings. The fourth-order valence-corrected chi connectivity index (χ4v) is 1.83. The molecule has 0 aliphatic rings. The second-order valence-corrected chi connectivity index (χ2v) is 5.09. The molecule has 0 aliphatic carbocycles. The molecule has 0 heterocycles. The molecule has 0 spiro atoms. The Labute approximate surface area is 113 Å². The number of hydrogen-bond donors (Lipinski definition) is 3. The van der Waals surface area contributed by atoms with E-state index in [1.54, 1.807) is 18.2 Å². The van der Waals surface area contributed by atoms with Crippen molar-refractivity contribution in [3.8, 4) is 0 Å². The van der Waals surface area contributed by atoms with Crippen molar-refractivity contribution in [3.05, 3.63) is 28.8 Å². The first-order valence-electron chi connectivity index (χ1n) is 5.99. The van der Waals surface area contributed by atoms with Crippen molar-refractivity contribution in [2.45, 2.75) is 13.8 Å². The molecular weight excluding hydrogens is 250 g/mol. The van der Waals surface area contributed by atoms with Crippen LogP contribution < -0.4 is 16.8 Å². The highest BCUT2D eigenvalue weighted by molar-refractivity contribution is 6.33. The van der Waals surface area contributed by atoms with Gasteiger partial charge in [0, 0.05) is 12.1 Å². The van der Waals surface area contributed by atoms with E-state index in [0.717, 1.165) is 6.54 Å². The van der Waals surface area contributed by atoms with Crippen molar-refractivity contribution >= 4 is 23.2 Å². The van der Waals surface area contributed by atoms with Crippen molar-refractivity contribution in [2.24, 2.45) is 23.3 Å². The molecule has 5 heteroatoms.